The van der Waals surface area contributed by atoms with E-state index >= 15 is 0 Å². The monoisotopic (exact) mass is 535 g/mol. The number of hydrogen-bond acceptors (Lipinski definition) is 7. The number of benzene rings is 3. The van der Waals surface area contributed by atoms with Crippen molar-refractivity contribution < 1.29 is 33.8 Å². The molecule has 0 aliphatic carbocycles. The van der Waals surface area contributed by atoms with Gasteiger partial charge in [0, 0.05) is 5.56 Å². The van der Waals surface area contributed by atoms with Crippen LogP contribution >= 0.6 is 0 Å². The van der Waals surface area contributed by atoms with E-state index < -0.39 is 10.9 Å². The molecule has 0 aromatic heterocycles. The van der Waals surface area contributed by atoms with Crippen LogP contribution in [0.5, 0.6) is 23.0 Å². The maximum absolute atomic E-state index is 11.8. The molecule has 1 N–H and O–H groups in total. The molecule has 0 spiro atoms. The Morgan fingerprint density at radius 2 is 1.51 bits per heavy atom. The van der Waals surface area contributed by atoms with Crippen molar-refractivity contribution in [1.29, 1.82) is 0 Å². The Kier molecular flexibility index (Phi) is 9.92. The van der Waals surface area contributed by atoms with Crippen LogP contribution in [0.15, 0.2) is 42.5 Å². The van der Waals surface area contributed by atoms with Gasteiger partial charge in [-0.15, -0.1) is 0 Å². The molecule has 0 amide bonds. The number of carboxylic acids is 1. The van der Waals surface area contributed by atoms with Crippen LogP contribution in [0.3, 0.4) is 0 Å². The first kappa shape index (κ1) is 29.0. The summed E-state index contributed by atoms with van der Waals surface area (Å²) in [6.45, 7) is 3.94. The van der Waals surface area contributed by atoms with Crippen molar-refractivity contribution in [2.24, 2.45) is 0 Å². The predicted octanol–water partition coefficient (Wildman–Crippen LogP) is 6.05. The fraction of sp³-hybridized carbons (Fsp3) is 0.300. The van der Waals surface area contributed by atoms with E-state index in [9.17, 15) is 14.9 Å². The molecule has 0 unspecified atom stereocenters. The Hall–Kier alpha value is -4.53. The molecule has 0 fully saturated rings. The number of aryl methyl sites for hydroxylation is 3. The lowest BCUT2D eigenvalue weighted by Crippen LogP contribution is -2.07. The summed E-state index contributed by atoms with van der Waals surface area (Å²) in [5, 5.41) is 20.7. The van der Waals surface area contributed by atoms with E-state index in [0.717, 1.165) is 33.6 Å². The minimum atomic E-state index is -1.03. The highest BCUT2D eigenvalue weighted by molar-refractivity contribution is 5.72. The quantitative estimate of drug-likeness (QED) is 0.160. The largest absolute Gasteiger partial charge is 0.496 e. The fourth-order valence-corrected chi connectivity index (χ4v) is 4.20. The SMILES string of the molecule is COc1ccc(/C=C\c2cc(C)c(C)c(OC)c2)cc1CCc1cc(OC)c(OCCC(=O)O)cc1[N+](=O)[O-]. The van der Waals surface area contributed by atoms with Crippen LogP contribution in [0, 0.1) is 24.0 Å². The number of rotatable bonds is 13. The number of nitro groups is 1. The second-order valence-electron chi connectivity index (χ2n) is 8.95. The van der Waals surface area contributed by atoms with E-state index in [2.05, 4.69) is 6.07 Å². The number of ether oxygens (including phenoxy) is 4. The lowest BCUT2D eigenvalue weighted by molar-refractivity contribution is -0.385. The van der Waals surface area contributed by atoms with Gasteiger partial charge in [0.2, 0.25) is 0 Å². The number of methoxy groups -OCH3 is 3. The Balaban J connectivity index is 1.86. The summed E-state index contributed by atoms with van der Waals surface area (Å²) < 4.78 is 21.8. The lowest BCUT2D eigenvalue weighted by Gasteiger charge is -2.13. The summed E-state index contributed by atoms with van der Waals surface area (Å²) in [7, 11) is 4.67. The minimum Gasteiger partial charge on any atom is -0.496 e. The molecule has 206 valence electrons. The summed E-state index contributed by atoms with van der Waals surface area (Å²) in [4.78, 5) is 22.1. The zero-order valence-corrected chi connectivity index (χ0v) is 22.8. The van der Waals surface area contributed by atoms with Gasteiger partial charge in [0.15, 0.2) is 11.5 Å². The summed E-state index contributed by atoms with van der Waals surface area (Å²) in [5.41, 5.74) is 5.45. The Morgan fingerprint density at radius 1 is 0.846 bits per heavy atom. The van der Waals surface area contributed by atoms with Gasteiger partial charge in [-0.25, -0.2) is 0 Å². The topological polar surface area (TPSA) is 117 Å². The number of carboxylic acid groups (broad SMARTS) is 1. The molecule has 3 rings (SSSR count). The summed E-state index contributed by atoms with van der Waals surface area (Å²) in [5.74, 6) is 0.916. The van der Waals surface area contributed by atoms with Gasteiger partial charge >= 0.3 is 5.97 Å². The summed E-state index contributed by atoms with van der Waals surface area (Å²) >= 11 is 0. The van der Waals surface area contributed by atoms with Crippen molar-refractivity contribution in [3.8, 4) is 23.0 Å². The Labute approximate surface area is 227 Å². The predicted molar refractivity (Wildman–Crippen MR) is 149 cm³/mol. The van der Waals surface area contributed by atoms with Crippen LogP contribution in [0.4, 0.5) is 5.69 Å². The van der Waals surface area contributed by atoms with Gasteiger partial charge in [0.25, 0.3) is 5.69 Å². The molecule has 9 nitrogen and oxygen atoms in total. The molecule has 39 heavy (non-hydrogen) atoms. The third-order valence-electron chi connectivity index (χ3n) is 6.43. The van der Waals surface area contributed by atoms with E-state index in [0.29, 0.717) is 29.9 Å². The van der Waals surface area contributed by atoms with Crippen LogP contribution in [0.1, 0.15) is 39.8 Å². The fourth-order valence-electron chi connectivity index (χ4n) is 4.20. The number of nitrogens with zero attached hydrogens (tertiary/aromatic N) is 1. The molecule has 3 aromatic carbocycles. The van der Waals surface area contributed by atoms with E-state index in [-0.39, 0.29) is 24.5 Å². The first-order valence-electron chi connectivity index (χ1n) is 12.4. The Bertz CT molecular complexity index is 1380. The molecule has 0 aliphatic heterocycles. The highest BCUT2D eigenvalue weighted by Crippen LogP contribution is 2.36. The number of hydrogen-bond donors (Lipinski definition) is 1. The van der Waals surface area contributed by atoms with E-state index in [1.807, 2.05) is 50.3 Å². The van der Waals surface area contributed by atoms with E-state index in [4.69, 9.17) is 24.1 Å². The molecule has 0 bridgehead atoms. The highest BCUT2D eigenvalue weighted by atomic mass is 16.6. The van der Waals surface area contributed by atoms with Crippen molar-refractivity contribution in [3.05, 3.63) is 86.0 Å². The van der Waals surface area contributed by atoms with Crippen molar-refractivity contribution in [2.75, 3.05) is 27.9 Å². The molecule has 0 heterocycles. The molecule has 0 aliphatic rings. The molecule has 0 saturated heterocycles. The normalized spacial score (nSPS) is 10.9. The first-order valence-corrected chi connectivity index (χ1v) is 12.4. The van der Waals surface area contributed by atoms with Gasteiger partial charge in [0.05, 0.1) is 45.3 Å². The third-order valence-corrected chi connectivity index (χ3v) is 6.43. The van der Waals surface area contributed by atoms with Crippen LogP contribution in [0.25, 0.3) is 12.2 Å². The van der Waals surface area contributed by atoms with Crippen LogP contribution in [-0.4, -0.2) is 43.9 Å². The van der Waals surface area contributed by atoms with Gasteiger partial charge in [-0.1, -0.05) is 24.3 Å². The maximum Gasteiger partial charge on any atom is 0.306 e. The molecule has 3 aromatic rings. The van der Waals surface area contributed by atoms with E-state index in [1.165, 1.54) is 13.2 Å². The van der Waals surface area contributed by atoms with Crippen LogP contribution in [-0.2, 0) is 17.6 Å². The molecular weight excluding hydrogens is 502 g/mol. The van der Waals surface area contributed by atoms with E-state index in [1.54, 1.807) is 20.3 Å². The standard InChI is InChI=1S/C30H33NO8/c1-19-14-22(16-27(37-4)20(19)2)7-6-21-8-11-26(36-3)24(15-21)10-9-23-17-28(38-5)29(18-25(23)31(34)35)39-13-12-30(32)33/h6-8,11,14-18H,9-10,12-13H2,1-5H3,(H,32,33)/b7-6-. The van der Waals surface area contributed by atoms with Gasteiger partial charge < -0.3 is 24.1 Å². The van der Waals surface area contributed by atoms with Crippen molar-refractivity contribution in [3.63, 3.8) is 0 Å². The minimum absolute atomic E-state index is 0.125. The highest BCUT2D eigenvalue weighted by Gasteiger charge is 2.20. The average molecular weight is 536 g/mol. The smallest absolute Gasteiger partial charge is 0.306 e. The summed E-state index contributed by atoms with van der Waals surface area (Å²) in [6.07, 6.45) is 4.60. The average Bonchev–Trinajstić information content (AvgIpc) is 2.92. The second kappa shape index (κ2) is 13.3. The van der Waals surface area contributed by atoms with Gasteiger partial charge in [-0.05, 0) is 78.8 Å². The zero-order valence-electron chi connectivity index (χ0n) is 22.8. The third kappa shape index (κ3) is 7.50. The zero-order chi connectivity index (χ0) is 28.5. The van der Waals surface area contributed by atoms with Gasteiger partial charge in [-0.3, -0.25) is 14.9 Å². The number of nitro benzene ring substituents is 1. The van der Waals surface area contributed by atoms with Crippen molar-refractivity contribution in [1.82, 2.24) is 0 Å². The molecule has 0 radical (unpaired) electrons. The molecule has 0 saturated carbocycles. The number of carbonyl (C=O) groups is 1. The van der Waals surface area contributed by atoms with Gasteiger partial charge in [0.1, 0.15) is 11.5 Å². The second-order valence-corrected chi connectivity index (χ2v) is 8.95. The first-order chi connectivity index (χ1) is 18.7. The lowest BCUT2D eigenvalue weighted by atomic mass is 9.99. The van der Waals surface area contributed by atoms with Crippen molar-refractivity contribution >= 4 is 23.8 Å². The van der Waals surface area contributed by atoms with Crippen LogP contribution < -0.4 is 18.9 Å². The maximum atomic E-state index is 11.8. The molecule has 9 heteroatoms. The molecule has 0 atom stereocenters. The Morgan fingerprint density at radius 3 is 2.15 bits per heavy atom. The summed E-state index contributed by atoms with van der Waals surface area (Å²) in [6, 6.07) is 12.8. The van der Waals surface area contributed by atoms with Gasteiger partial charge in [-0.2, -0.15) is 0 Å². The molecular formula is C30H33NO8. The number of aliphatic carboxylic acids is 1. The van der Waals surface area contributed by atoms with Crippen molar-refractivity contribution in [2.45, 2.75) is 33.1 Å². The van der Waals surface area contributed by atoms with Crippen LogP contribution in [0.2, 0.25) is 0 Å².